The van der Waals surface area contributed by atoms with Crippen LogP contribution in [0.25, 0.3) is 0 Å². The van der Waals surface area contributed by atoms with Crippen LogP contribution in [0.2, 0.25) is 0 Å². The Morgan fingerprint density at radius 1 is 1.00 bits per heavy atom. The van der Waals surface area contributed by atoms with E-state index in [0.29, 0.717) is 38.2 Å². The van der Waals surface area contributed by atoms with Crippen LogP contribution in [-0.2, 0) is 9.53 Å². The second-order valence-corrected chi connectivity index (χ2v) is 6.83. The van der Waals surface area contributed by atoms with Gasteiger partial charge in [-0.1, -0.05) is 0 Å². The lowest BCUT2D eigenvalue weighted by molar-refractivity contribution is -0.132. The molecule has 0 saturated carbocycles. The summed E-state index contributed by atoms with van der Waals surface area (Å²) in [6.45, 7) is 7.11. The van der Waals surface area contributed by atoms with E-state index in [1.165, 1.54) is 0 Å². The fourth-order valence-electron chi connectivity index (χ4n) is 3.43. The topological polar surface area (TPSA) is 66.0 Å². The van der Waals surface area contributed by atoms with Crippen LogP contribution in [0.15, 0.2) is 24.5 Å². The van der Waals surface area contributed by atoms with Crippen LogP contribution in [0.5, 0.6) is 0 Å². The summed E-state index contributed by atoms with van der Waals surface area (Å²) in [6, 6.07) is 3.55. The summed E-state index contributed by atoms with van der Waals surface area (Å²) in [5, 5.41) is 0. The van der Waals surface area contributed by atoms with Gasteiger partial charge in [-0.25, -0.2) is 0 Å². The van der Waals surface area contributed by atoms with Gasteiger partial charge in [-0.3, -0.25) is 19.5 Å². The zero-order chi connectivity index (χ0) is 18.2. The van der Waals surface area contributed by atoms with Crippen molar-refractivity contribution >= 4 is 11.8 Å². The molecule has 142 valence electrons. The number of hydrogen-bond acceptors (Lipinski definition) is 5. The number of hydrogen-bond donors (Lipinski definition) is 0. The lowest BCUT2D eigenvalue weighted by atomic mass is 10.2. The van der Waals surface area contributed by atoms with Crippen molar-refractivity contribution in [1.82, 2.24) is 19.7 Å². The molecule has 2 amide bonds. The fourth-order valence-corrected chi connectivity index (χ4v) is 3.43. The number of pyridine rings is 1. The summed E-state index contributed by atoms with van der Waals surface area (Å²) < 4.78 is 5.34. The van der Waals surface area contributed by atoms with E-state index in [0.717, 1.165) is 45.7 Å². The zero-order valence-corrected chi connectivity index (χ0v) is 15.3. The van der Waals surface area contributed by atoms with E-state index in [9.17, 15) is 9.59 Å². The molecule has 3 heterocycles. The molecule has 0 spiro atoms. The van der Waals surface area contributed by atoms with Gasteiger partial charge in [0.2, 0.25) is 5.91 Å². The highest BCUT2D eigenvalue weighted by Crippen LogP contribution is 2.10. The number of piperazine rings is 1. The number of unbranched alkanes of at least 4 members (excludes halogenated alkanes) is 1. The van der Waals surface area contributed by atoms with Crippen LogP contribution in [0.3, 0.4) is 0 Å². The van der Waals surface area contributed by atoms with E-state index in [4.69, 9.17) is 4.74 Å². The van der Waals surface area contributed by atoms with Crippen LogP contribution in [-0.4, -0.2) is 90.5 Å². The van der Waals surface area contributed by atoms with Crippen LogP contribution in [0, 0.1) is 0 Å². The van der Waals surface area contributed by atoms with Gasteiger partial charge in [0.05, 0.1) is 18.8 Å². The van der Waals surface area contributed by atoms with Crippen LogP contribution in [0.1, 0.15) is 29.6 Å². The van der Waals surface area contributed by atoms with Crippen molar-refractivity contribution in [1.29, 1.82) is 0 Å². The molecule has 3 rings (SSSR count). The van der Waals surface area contributed by atoms with Gasteiger partial charge < -0.3 is 14.5 Å². The Hall–Kier alpha value is -1.99. The first-order valence-electron chi connectivity index (χ1n) is 9.51. The largest absolute Gasteiger partial charge is 0.379 e. The van der Waals surface area contributed by atoms with Gasteiger partial charge in [0.15, 0.2) is 0 Å². The molecule has 1 aromatic rings. The van der Waals surface area contributed by atoms with E-state index < -0.39 is 0 Å². The summed E-state index contributed by atoms with van der Waals surface area (Å²) in [5.74, 6) is 0.205. The number of aromatic nitrogens is 1. The molecule has 7 nitrogen and oxygen atoms in total. The molecule has 0 aromatic carbocycles. The number of carbonyl (C=O) groups excluding carboxylic acids is 2. The maximum Gasteiger partial charge on any atom is 0.255 e. The van der Waals surface area contributed by atoms with Crippen molar-refractivity contribution in [2.45, 2.75) is 19.3 Å². The van der Waals surface area contributed by atoms with E-state index >= 15 is 0 Å². The Labute approximate surface area is 154 Å². The predicted octanol–water partition coefficient (Wildman–Crippen LogP) is 0.869. The average molecular weight is 360 g/mol. The Morgan fingerprint density at radius 3 is 2.42 bits per heavy atom. The minimum Gasteiger partial charge on any atom is -0.379 e. The molecule has 26 heavy (non-hydrogen) atoms. The zero-order valence-electron chi connectivity index (χ0n) is 15.3. The van der Waals surface area contributed by atoms with Crippen molar-refractivity contribution in [3.63, 3.8) is 0 Å². The van der Waals surface area contributed by atoms with Gasteiger partial charge in [-0.15, -0.1) is 0 Å². The SMILES string of the molecule is O=C(CCCCN1CCOCC1)N1CCN(C(=O)c2cccnc2)CC1. The first kappa shape index (κ1) is 18.8. The summed E-state index contributed by atoms with van der Waals surface area (Å²) in [4.78, 5) is 34.9. The van der Waals surface area contributed by atoms with Gasteiger partial charge in [-0.05, 0) is 31.5 Å². The maximum absolute atomic E-state index is 12.4. The van der Waals surface area contributed by atoms with Crippen molar-refractivity contribution in [2.75, 3.05) is 59.0 Å². The average Bonchev–Trinajstić information content (AvgIpc) is 2.72. The first-order valence-corrected chi connectivity index (χ1v) is 9.51. The number of rotatable bonds is 6. The number of nitrogens with zero attached hydrogens (tertiary/aromatic N) is 4. The third kappa shape index (κ3) is 5.25. The van der Waals surface area contributed by atoms with E-state index in [2.05, 4.69) is 9.88 Å². The molecule has 2 fully saturated rings. The van der Waals surface area contributed by atoms with E-state index in [-0.39, 0.29) is 11.8 Å². The quantitative estimate of drug-likeness (QED) is 0.704. The number of ether oxygens (including phenoxy) is 1. The summed E-state index contributed by atoms with van der Waals surface area (Å²) in [7, 11) is 0. The lowest BCUT2D eigenvalue weighted by Crippen LogP contribution is -2.50. The van der Waals surface area contributed by atoms with E-state index in [1.807, 2.05) is 4.90 Å². The van der Waals surface area contributed by atoms with Crippen molar-refractivity contribution in [3.05, 3.63) is 30.1 Å². The standard InChI is InChI=1S/C19H28N4O3/c24-18(5-1-2-7-21-12-14-26-15-13-21)22-8-10-23(11-9-22)19(25)17-4-3-6-20-16-17/h3-4,6,16H,1-2,5,7-15H2. The van der Waals surface area contributed by atoms with Crippen molar-refractivity contribution in [3.8, 4) is 0 Å². The first-order chi connectivity index (χ1) is 12.7. The summed E-state index contributed by atoms with van der Waals surface area (Å²) in [6.07, 6.45) is 5.82. The highest BCUT2D eigenvalue weighted by Gasteiger charge is 2.24. The van der Waals surface area contributed by atoms with Gasteiger partial charge in [0.25, 0.3) is 5.91 Å². The molecule has 1 aromatic heterocycles. The minimum atomic E-state index is -0.00397. The third-order valence-corrected chi connectivity index (χ3v) is 5.05. The molecular weight excluding hydrogens is 332 g/mol. The molecule has 0 aliphatic carbocycles. The maximum atomic E-state index is 12.4. The molecule has 0 N–H and O–H groups in total. The smallest absolute Gasteiger partial charge is 0.255 e. The summed E-state index contributed by atoms with van der Waals surface area (Å²) in [5.41, 5.74) is 0.607. The van der Waals surface area contributed by atoms with Crippen LogP contribution in [0.4, 0.5) is 0 Å². The van der Waals surface area contributed by atoms with Gasteiger partial charge in [0.1, 0.15) is 0 Å². The third-order valence-electron chi connectivity index (χ3n) is 5.05. The highest BCUT2D eigenvalue weighted by molar-refractivity contribution is 5.94. The number of amides is 2. The lowest BCUT2D eigenvalue weighted by Gasteiger charge is -2.35. The Kier molecular flexibility index (Phi) is 6.96. The fraction of sp³-hybridized carbons (Fsp3) is 0.632. The van der Waals surface area contributed by atoms with E-state index in [1.54, 1.807) is 29.4 Å². The molecule has 7 heteroatoms. The molecule has 0 atom stereocenters. The Bertz CT molecular complexity index is 582. The molecule has 2 saturated heterocycles. The molecule has 2 aliphatic heterocycles. The monoisotopic (exact) mass is 360 g/mol. The molecule has 2 aliphatic rings. The van der Waals surface area contributed by atoms with Gasteiger partial charge in [0, 0.05) is 58.1 Å². The van der Waals surface area contributed by atoms with Crippen molar-refractivity contribution < 1.29 is 14.3 Å². The molecular formula is C19H28N4O3. The number of morpholine rings is 1. The summed E-state index contributed by atoms with van der Waals surface area (Å²) >= 11 is 0. The molecule has 0 unspecified atom stereocenters. The van der Waals surface area contributed by atoms with Gasteiger partial charge in [-0.2, -0.15) is 0 Å². The highest BCUT2D eigenvalue weighted by atomic mass is 16.5. The predicted molar refractivity (Wildman–Crippen MR) is 97.8 cm³/mol. The minimum absolute atomic E-state index is 0.00397. The number of carbonyl (C=O) groups is 2. The molecule has 0 radical (unpaired) electrons. The second kappa shape index (κ2) is 9.64. The van der Waals surface area contributed by atoms with Crippen LogP contribution >= 0.6 is 0 Å². The Balaban J connectivity index is 1.33. The normalized spacial score (nSPS) is 18.8. The van der Waals surface area contributed by atoms with Crippen molar-refractivity contribution in [2.24, 2.45) is 0 Å². The van der Waals surface area contributed by atoms with Crippen LogP contribution < -0.4 is 0 Å². The van der Waals surface area contributed by atoms with Gasteiger partial charge >= 0.3 is 0 Å². The Morgan fingerprint density at radius 2 is 1.73 bits per heavy atom. The second-order valence-electron chi connectivity index (χ2n) is 6.83. The molecule has 0 bridgehead atoms.